The molecule has 0 heterocycles. The lowest BCUT2D eigenvalue weighted by molar-refractivity contribution is 0.375. The molecule has 6 N–H and O–H groups in total. The van der Waals surface area contributed by atoms with Crippen LogP contribution < -0.4 is 5.73 Å². The summed E-state index contributed by atoms with van der Waals surface area (Å²) in [6.45, 7) is 1.72. The lowest BCUT2D eigenvalue weighted by atomic mass is 10.1. The zero-order valence-electron chi connectivity index (χ0n) is 12.6. The van der Waals surface area contributed by atoms with Gasteiger partial charge in [-0.1, -0.05) is 30.4 Å². The van der Waals surface area contributed by atoms with E-state index in [1.807, 2.05) is 0 Å². The molecule has 130 valence electrons. The first-order valence-corrected chi connectivity index (χ1v) is 9.59. The van der Waals surface area contributed by atoms with Crippen molar-refractivity contribution in [2.75, 3.05) is 5.73 Å². The number of benzene rings is 2. The number of rotatable bonds is 4. The number of nitrogen functional groups attached to an aromatic ring is 1. The lowest BCUT2D eigenvalue weighted by Gasteiger charge is -2.21. The van der Waals surface area contributed by atoms with Crippen LogP contribution in [0.25, 0.3) is 12.2 Å². The SMILES string of the molecule is Cc1ccc(C=Cc2ccc(N)cc2S(=O)(=O)O)c(S(O)(O)O)c1. The van der Waals surface area contributed by atoms with Gasteiger partial charge in [-0.05, 0) is 41.8 Å². The second kappa shape index (κ2) is 6.55. The van der Waals surface area contributed by atoms with Gasteiger partial charge in [0.15, 0.2) is 0 Å². The predicted molar refractivity (Wildman–Crippen MR) is 94.5 cm³/mol. The Morgan fingerprint density at radius 2 is 1.42 bits per heavy atom. The molecule has 0 bridgehead atoms. The summed E-state index contributed by atoms with van der Waals surface area (Å²) in [7, 11) is -8.42. The molecule has 0 aliphatic heterocycles. The Balaban J connectivity index is 2.55. The highest BCUT2D eigenvalue weighted by Gasteiger charge is 2.19. The lowest BCUT2D eigenvalue weighted by Crippen LogP contribution is -2.02. The maximum Gasteiger partial charge on any atom is 0.295 e. The summed E-state index contributed by atoms with van der Waals surface area (Å²) in [4.78, 5) is -0.453. The van der Waals surface area contributed by atoms with Crippen LogP contribution in [0.3, 0.4) is 0 Å². The van der Waals surface area contributed by atoms with E-state index in [4.69, 9.17) is 5.73 Å². The minimum atomic E-state index is -4.48. The summed E-state index contributed by atoms with van der Waals surface area (Å²) in [6.07, 6.45) is 2.77. The summed E-state index contributed by atoms with van der Waals surface area (Å²) >= 11 is 0. The van der Waals surface area contributed by atoms with Gasteiger partial charge in [-0.2, -0.15) is 8.42 Å². The Bertz CT molecular complexity index is 901. The van der Waals surface area contributed by atoms with E-state index < -0.39 is 21.0 Å². The van der Waals surface area contributed by atoms with Crippen molar-refractivity contribution < 1.29 is 26.6 Å². The van der Waals surface area contributed by atoms with Gasteiger partial charge >= 0.3 is 0 Å². The fraction of sp³-hybridized carbons (Fsp3) is 0.0667. The van der Waals surface area contributed by atoms with Gasteiger partial charge in [0, 0.05) is 5.69 Å². The van der Waals surface area contributed by atoms with Crippen LogP contribution in [0.15, 0.2) is 46.2 Å². The number of hydrogen-bond donors (Lipinski definition) is 5. The Hall–Kier alpha value is -1.88. The van der Waals surface area contributed by atoms with Crippen molar-refractivity contribution in [3.05, 3.63) is 53.1 Å². The molecule has 0 fully saturated rings. The maximum atomic E-state index is 11.4. The summed E-state index contributed by atoms with van der Waals surface area (Å²) in [6, 6.07) is 8.65. The molecule has 0 saturated carbocycles. The van der Waals surface area contributed by atoms with E-state index >= 15 is 0 Å². The first-order valence-electron chi connectivity index (χ1n) is 6.65. The minimum Gasteiger partial charge on any atom is -0.399 e. The van der Waals surface area contributed by atoms with Crippen molar-refractivity contribution >= 4 is 38.8 Å². The van der Waals surface area contributed by atoms with Crippen LogP contribution in [-0.2, 0) is 10.1 Å². The van der Waals surface area contributed by atoms with Gasteiger partial charge < -0.3 is 19.4 Å². The molecule has 0 amide bonds. The summed E-state index contributed by atoms with van der Waals surface area (Å²) < 4.78 is 60.7. The number of hydrogen-bond acceptors (Lipinski definition) is 6. The van der Waals surface area contributed by atoms with E-state index in [-0.39, 0.29) is 21.0 Å². The van der Waals surface area contributed by atoms with E-state index in [0.29, 0.717) is 11.1 Å². The average Bonchev–Trinajstić information content (AvgIpc) is 2.45. The van der Waals surface area contributed by atoms with E-state index in [0.717, 1.165) is 6.07 Å². The molecule has 0 atom stereocenters. The molecular weight excluding hydrogens is 354 g/mol. The van der Waals surface area contributed by atoms with E-state index in [1.165, 1.54) is 30.4 Å². The van der Waals surface area contributed by atoms with Crippen LogP contribution >= 0.6 is 10.9 Å². The van der Waals surface area contributed by atoms with Gasteiger partial charge in [0.25, 0.3) is 10.1 Å². The second-order valence-corrected chi connectivity index (χ2v) is 8.03. The van der Waals surface area contributed by atoms with Gasteiger partial charge in [0.1, 0.15) is 15.8 Å². The van der Waals surface area contributed by atoms with E-state index in [9.17, 15) is 26.6 Å². The quantitative estimate of drug-likeness (QED) is 0.314. The second-order valence-electron chi connectivity index (χ2n) is 5.17. The van der Waals surface area contributed by atoms with Crippen LogP contribution in [0.1, 0.15) is 16.7 Å². The number of aryl methyl sites for hydroxylation is 1. The molecule has 0 spiro atoms. The van der Waals surface area contributed by atoms with Crippen LogP contribution in [0.5, 0.6) is 0 Å². The number of nitrogens with two attached hydrogens (primary N) is 1. The smallest absolute Gasteiger partial charge is 0.295 e. The van der Waals surface area contributed by atoms with Crippen molar-refractivity contribution in [3.8, 4) is 0 Å². The molecule has 0 radical (unpaired) electrons. The van der Waals surface area contributed by atoms with E-state index in [2.05, 4.69) is 0 Å². The normalized spacial score (nSPS) is 13.4. The third-order valence-electron chi connectivity index (χ3n) is 3.22. The van der Waals surface area contributed by atoms with Crippen molar-refractivity contribution in [2.45, 2.75) is 16.7 Å². The summed E-state index contributed by atoms with van der Waals surface area (Å²) in [5.74, 6) is 0. The monoisotopic (exact) mass is 371 g/mol. The highest BCUT2D eigenvalue weighted by Crippen LogP contribution is 2.46. The number of anilines is 1. The molecule has 0 aromatic heterocycles. The molecule has 0 unspecified atom stereocenters. The minimum absolute atomic E-state index is 0.0809. The Morgan fingerprint density at radius 1 is 0.875 bits per heavy atom. The van der Waals surface area contributed by atoms with E-state index in [1.54, 1.807) is 19.1 Å². The third kappa shape index (κ3) is 4.35. The molecule has 0 aliphatic carbocycles. The van der Waals surface area contributed by atoms with Gasteiger partial charge in [-0.3, -0.25) is 4.55 Å². The molecule has 24 heavy (non-hydrogen) atoms. The summed E-state index contributed by atoms with van der Waals surface area (Å²) in [5, 5.41) is 0. The van der Waals surface area contributed by atoms with Gasteiger partial charge in [0.05, 0.1) is 4.90 Å². The molecular formula is C15H17NO6S2. The zero-order valence-corrected chi connectivity index (χ0v) is 14.3. The zero-order chi connectivity index (χ0) is 18.1. The first-order chi connectivity index (χ1) is 11.0. The fourth-order valence-electron chi connectivity index (χ4n) is 2.11. The predicted octanol–water partition coefficient (Wildman–Crippen LogP) is 3.58. The maximum absolute atomic E-state index is 11.4. The highest BCUT2D eigenvalue weighted by atomic mass is 32.3. The topological polar surface area (TPSA) is 141 Å². The average molecular weight is 371 g/mol. The Labute approximate surface area is 141 Å². The Kier molecular flexibility index (Phi) is 5.04. The molecule has 2 aromatic rings. The summed E-state index contributed by atoms with van der Waals surface area (Å²) in [5.41, 5.74) is 6.86. The molecule has 9 heteroatoms. The van der Waals surface area contributed by atoms with Gasteiger partial charge in [-0.25, -0.2) is 0 Å². The Morgan fingerprint density at radius 3 is 1.96 bits per heavy atom. The van der Waals surface area contributed by atoms with Crippen LogP contribution in [0.4, 0.5) is 5.69 Å². The first kappa shape index (κ1) is 18.5. The third-order valence-corrected chi connectivity index (χ3v) is 5.08. The van der Waals surface area contributed by atoms with Gasteiger partial charge in [-0.15, -0.1) is 0 Å². The standard InChI is InChI=1S/C15H17NO6S2/c1-10-2-3-11(14(8-10)23(17,18)19)4-5-12-6-7-13(16)9-15(12)24(20,21)22/h2-9,17-19H,16H2,1H3,(H,20,21,22). The highest BCUT2D eigenvalue weighted by molar-refractivity contribution is 8.19. The molecule has 2 aromatic carbocycles. The van der Waals surface area contributed by atoms with Crippen molar-refractivity contribution in [2.24, 2.45) is 0 Å². The fourth-order valence-corrected chi connectivity index (χ4v) is 3.62. The van der Waals surface area contributed by atoms with Crippen LogP contribution in [-0.4, -0.2) is 26.6 Å². The molecule has 7 nitrogen and oxygen atoms in total. The molecule has 0 aliphatic rings. The van der Waals surface area contributed by atoms with Crippen molar-refractivity contribution in [1.29, 1.82) is 0 Å². The van der Waals surface area contributed by atoms with Gasteiger partial charge in [0.2, 0.25) is 0 Å². The largest absolute Gasteiger partial charge is 0.399 e. The molecule has 0 saturated heterocycles. The van der Waals surface area contributed by atoms with Crippen LogP contribution in [0.2, 0.25) is 0 Å². The van der Waals surface area contributed by atoms with Crippen molar-refractivity contribution in [1.82, 2.24) is 0 Å². The van der Waals surface area contributed by atoms with Crippen molar-refractivity contribution in [3.63, 3.8) is 0 Å². The van der Waals surface area contributed by atoms with Crippen LogP contribution in [0, 0.1) is 6.92 Å². The molecule has 2 rings (SSSR count).